The molecule has 1 aromatic carbocycles. The summed E-state index contributed by atoms with van der Waals surface area (Å²) in [5.74, 6) is 0.101. The number of nitrogens with one attached hydrogen (secondary N) is 1. The van der Waals surface area contributed by atoms with Crippen LogP contribution in [-0.4, -0.2) is 37.4 Å². The molecule has 25 heavy (non-hydrogen) atoms. The van der Waals surface area contributed by atoms with Crippen molar-refractivity contribution in [1.29, 1.82) is 0 Å². The summed E-state index contributed by atoms with van der Waals surface area (Å²) in [5.41, 5.74) is 0.989. The van der Waals surface area contributed by atoms with Gasteiger partial charge in [-0.1, -0.05) is 0 Å². The topological polar surface area (TPSA) is 46.5 Å². The monoisotopic (exact) mass is 367 g/mol. The Bertz CT molecular complexity index is 848. The van der Waals surface area contributed by atoms with Crippen molar-refractivity contribution in [2.75, 3.05) is 31.6 Å². The third-order valence-corrected chi connectivity index (χ3v) is 5.21. The van der Waals surface area contributed by atoms with Crippen LogP contribution in [0.1, 0.15) is 25.8 Å². The van der Waals surface area contributed by atoms with Crippen LogP contribution < -0.4 is 20.4 Å². The fraction of sp³-hybridized carbons (Fsp3) is 0.500. The first kappa shape index (κ1) is 18.0. The number of hydrogen-bond acceptors (Lipinski definition) is 4. The number of benzene rings is 1. The Morgan fingerprint density at radius 1 is 1.44 bits per heavy atom. The molecule has 0 spiro atoms. The largest absolute Gasteiger partial charge is 0.487 e. The lowest BCUT2D eigenvalue weighted by atomic mass is 10.0. The Kier molecular flexibility index (Phi) is 4.93. The normalized spacial score (nSPS) is 22.2. The number of rotatable bonds is 2. The molecule has 1 aromatic heterocycles. The van der Waals surface area contributed by atoms with Crippen LogP contribution in [0.2, 0.25) is 0 Å². The van der Waals surface area contributed by atoms with E-state index >= 15 is 0 Å². The number of ether oxygens (including phenoxy) is 1. The quantitative estimate of drug-likeness (QED) is 0.886. The molecule has 2 aromatic rings. The Balaban J connectivity index is 0.00000182. The molecule has 0 aliphatic carbocycles. The smallest absolute Gasteiger partial charge is 0.189 e. The summed E-state index contributed by atoms with van der Waals surface area (Å²) in [6.07, 6.45) is 3.87. The van der Waals surface area contributed by atoms with Gasteiger partial charge in [0.05, 0.1) is 16.9 Å². The molecule has 2 atom stereocenters. The van der Waals surface area contributed by atoms with Gasteiger partial charge in [-0.3, -0.25) is 4.79 Å². The molecule has 2 aliphatic heterocycles. The molecule has 1 N–H and O–H groups in total. The zero-order valence-electron chi connectivity index (χ0n) is 14.4. The van der Waals surface area contributed by atoms with Gasteiger partial charge in [0, 0.05) is 31.9 Å². The minimum atomic E-state index is -0.394. The third-order valence-electron chi connectivity index (χ3n) is 5.21. The molecule has 7 heteroatoms. The summed E-state index contributed by atoms with van der Waals surface area (Å²) in [6, 6.07) is 3.19. The van der Waals surface area contributed by atoms with Crippen molar-refractivity contribution in [3.63, 3.8) is 0 Å². The number of pyridine rings is 1. The van der Waals surface area contributed by atoms with Crippen LogP contribution in [0, 0.1) is 5.82 Å². The Labute approximate surface area is 152 Å². The third kappa shape index (κ3) is 2.87. The zero-order valence-corrected chi connectivity index (χ0v) is 15.2. The Morgan fingerprint density at radius 2 is 2.24 bits per heavy atom. The van der Waals surface area contributed by atoms with Gasteiger partial charge in [-0.2, -0.15) is 0 Å². The van der Waals surface area contributed by atoms with E-state index in [9.17, 15) is 9.18 Å². The molecule has 3 heterocycles. The summed E-state index contributed by atoms with van der Waals surface area (Å²) in [7, 11) is 1.91. The van der Waals surface area contributed by atoms with E-state index < -0.39 is 5.82 Å². The summed E-state index contributed by atoms with van der Waals surface area (Å²) in [6.45, 7) is 4.33. The molecule has 0 amide bonds. The summed E-state index contributed by atoms with van der Waals surface area (Å²) < 4.78 is 22.9. The van der Waals surface area contributed by atoms with Crippen molar-refractivity contribution in [1.82, 2.24) is 9.88 Å². The number of anilines is 1. The van der Waals surface area contributed by atoms with Gasteiger partial charge in [0.15, 0.2) is 17.0 Å². The molecule has 4 rings (SSSR count). The second kappa shape index (κ2) is 6.84. The van der Waals surface area contributed by atoms with Gasteiger partial charge < -0.3 is 19.5 Å². The first-order valence-electron chi connectivity index (χ1n) is 8.51. The molecule has 1 fully saturated rings. The average molecular weight is 368 g/mol. The molecular formula is C18H23ClFN3O2. The summed E-state index contributed by atoms with van der Waals surface area (Å²) in [4.78, 5) is 14.2. The maximum absolute atomic E-state index is 14.9. The molecule has 0 radical (unpaired) electrons. The second-order valence-electron chi connectivity index (χ2n) is 6.79. The molecule has 0 saturated carbocycles. The number of halogens is 2. The van der Waals surface area contributed by atoms with Crippen LogP contribution in [0.25, 0.3) is 10.9 Å². The van der Waals surface area contributed by atoms with Crippen LogP contribution in [-0.2, 0) is 0 Å². The molecule has 1 saturated heterocycles. The van der Waals surface area contributed by atoms with E-state index in [1.54, 1.807) is 6.20 Å². The van der Waals surface area contributed by atoms with Crippen LogP contribution in [0.3, 0.4) is 0 Å². The van der Waals surface area contributed by atoms with Crippen molar-refractivity contribution in [2.45, 2.75) is 31.8 Å². The fourth-order valence-corrected chi connectivity index (χ4v) is 3.83. The van der Waals surface area contributed by atoms with Crippen LogP contribution >= 0.6 is 12.4 Å². The highest BCUT2D eigenvalue weighted by Gasteiger charge is 2.29. The van der Waals surface area contributed by atoms with Crippen LogP contribution in [0.15, 0.2) is 23.1 Å². The maximum Gasteiger partial charge on any atom is 0.189 e. The van der Waals surface area contributed by atoms with Crippen molar-refractivity contribution < 1.29 is 9.13 Å². The van der Waals surface area contributed by atoms with E-state index in [0.717, 1.165) is 25.9 Å². The van der Waals surface area contributed by atoms with E-state index in [4.69, 9.17) is 4.74 Å². The summed E-state index contributed by atoms with van der Waals surface area (Å²) >= 11 is 0. The highest BCUT2D eigenvalue weighted by Crippen LogP contribution is 2.41. The van der Waals surface area contributed by atoms with E-state index in [0.29, 0.717) is 28.9 Å². The lowest BCUT2D eigenvalue weighted by Gasteiger charge is -2.36. The molecule has 2 aliphatic rings. The Morgan fingerprint density at radius 3 is 2.96 bits per heavy atom. The van der Waals surface area contributed by atoms with Crippen molar-refractivity contribution >= 4 is 29.0 Å². The van der Waals surface area contributed by atoms with E-state index in [-0.39, 0.29) is 29.9 Å². The first-order chi connectivity index (χ1) is 11.6. The SMILES string of the molecule is CC1COc2c(N(C)C3CCCNC3)c(F)cc3c(=O)ccn1c23.Cl. The molecule has 5 nitrogen and oxygen atoms in total. The van der Waals surface area contributed by atoms with Gasteiger partial charge in [-0.05, 0) is 32.4 Å². The number of hydrogen-bond donors (Lipinski definition) is 1. The summed E-state index contributed by atoms with van der Waals surface area (Å²) in [5, 5.41) is 3.75. The predicted molar refractivity (Wildman–Crippen MR) is 99.9 cm³/mol. The van der Waals surface area contributed by atoms with Crippen LogP contribution in [0.4, 0.5) is 10.1 Å². The van der Waals surface area contributed by atoms with Gasteiger partial charge in [0.2, 0.25) is 0 Å². The minimum Gasteiger partial charge on any atom is -0.487 e. The van der Waals surface area contributed by atoms with E-state index in [1.807, 2.05) is 23.4 Å². The first-order valence-corrected chi connectivity index (χ1v) is 8.51. The van der Waals surface area contributed by atoms with Crippen molar-refractivity contribution in [3.05, 3.63) is 34.4 Å². The van der Waals surface area contributed by atoms with Gasteiger partial charge >= 0.3 is 0 Å². The lowest BCUT2D eigenvalue weighted by Crippen LogP contribution is -2.44. The molecule has 2 unspecified atom stereocenters. The number of nitrogens with zero attached hydrogens (tertiary/aromatic N) is 2. The zero-order chi connectivity index (χ0) is 16.8. The van der Waals surface area contributed by atoms with E-state index in [2.05, 4.69) is 5.32 Å². The highest BCUT2D eigenvalue weighted by molar-refractivity contribution is 5.92. The molecule has 0 bridgehead atoms. The molecular weight excluding hydrogens is 345 g/mol. The predicted octanol–water partition coefficient (Wildman–Crippen LogP) is 2.70. The van der Waals surface area contributed by atoms with Crippen LogP contribution in [0.5, 0.6) is 5.75 Å². The molecule has 136 valence electrons. The number of aromatic nitrogens is 1. The number of likely N-dealkylation sites (N-methyl/N-ethyl adjacent to an activating group) is 1. The average Bonchev–Trinajstić information content (AvgIpc) is 2.60. The van der Waals surface area contributed by atoms with Gasteiger partial charge in [0.25, 0.3) is 0 Å². The highest BCUT2D eigenvalue weighted by atomic mass is 35.5. The fourth-order valence-electron chi connectivity index (χ4n) is 3.83. The maximum atomic E-state index is 14.9. The van der Waals surface area contributed by atoms with E-state index in [1.165, 1.54) is 12.1 Å². The van der Waals surface area contributed by atoms with Gasteiger partial charge in [-0.15, -0.1) is 12.4 Å². The van der Waals surface area contributed by atoms with Gasteiger partial charge in [0.1, 0.15) is 12.3 Å². The lowest BCUT2D eigenvalue weighted by molar-refractivity contribution is 0.246. The minimum absolute atomic E-state index is 0. The van der Waals surface area contributed by atoms with Crippen molar-refractivity contribution in [3.8, 4) is 5.75 Å². The van der Waals surface area contributed by atoms with Crippen molar-refractivity contribution in [2.24, 2.45) is 0 Å². The Hall–Kier alpha value is -1.79. The standard InChI is InChI=1S/C18H22FN3O2.ClH/c1-11-10-24-18-16-13(15(23)5-7-22(11)16)8-14(19)17(18)21(2)12-4-3-6-20-9-12;/h5,7-8,11-12,20H,3-4,6,9-10H2,1-2H3;1H. The van der Waals surface area contributed by atoms with Gasteiger partial charge in [-0.25, -0.2) is 4.39 Å². The second-order valence-corrected chi connectivity index (χ2v) is 6.79. The number of piperidine rings is 1.